The fourth-order valence-electron chi connectivity index (χ4n) is 3.20. The number of hydrogen-bond acceptors (Lipinski definition) is 7. The van der Waals surface area contributed by atoms with Crippen LogP contribution in [-0.4, -0.2) is 48.4 Å². The molecule has 1 aromatic heterocycles. The molecule has 7 nitrogen and oxygen atoms in total. The Hall–Kier alpha value is -3.02. The fourth-order valence-corrected chi connectivity index (χ4v) is 4.49. The maximum atomic E-state index is 12.7. The van der Waals surface area contributed by atoms with Crippen LogP contribution >= 0.6 is 18.7 Å². The summed E-state index contributed by atoms with van der Waals surface area (Å²) in [6.45, 7) is 8.97. The lowest BCUT2D eigenvalue weighted by molar-refractivity contribution is 0.359. The number of hydrogen-bond donors (Lipinski definition) is 2. The highest BCUT2D eigenvalue weighted by Gasteiger charge is 2.17. The molecule has 0 saturated carbocycles. The molecular formula is C25H31ClN5O2P. The number of ether oxygens (including phenoxy) is 1. The number of aryl methyl sites for hydroxylation is 1. The monoisotopic (exact) mass is 499 g/mol. The van der Waals surface area contributed by atoms with Gasteiger partial charge >= 0.3 is 0 Å². The van der Waals surface area contributed by atoms with Crippen LogP contribution in [0, 0.1) is 6.92 Å². The molecule has 0 unspecified atom stereocenters. The molecule has 0 amide bonds. The van der Waals surface area contributed by atoms with Gasteiger partial charge in [-0.3, -0.25) is 0 Å². The van der Waals surface area contributed by atoms with Gasteiger partial charge in [0.2, 0.25) is 5.95 Å². The topological polar surface area (TPSA) is 79.4 Å². The number of anilines is 4. The summed E-state index contributed by atoms with van der Waals surface area (Å²) in [5.41, 5.74) is 2.54. The highest BCUT2D eigenvalue weighted by molar-refractivity contribution is 7.70. The van der Waals surface area contributed by atoms with Gasteiger partial charge in [-0.1, -0.05) is 23.7 Å². The molecule has 3 rings (SSSR count). The molecule has 0 saturated heterocycles. The lowest BCUT2D eigenvalue weighted by atomic mass is 10.2. The second kappa shape index (κ2) is 11.4. The van der Waals surface area contributed by atoms with Crippen LogP contribution in [0.4, 0.5) is 23.1 Å². The standard InChI is InChI=1S/C25H31ClN5O2P/c1-6-31(3)12-9-13-33-20-15-18(2)14-19(16-20)28-25-27-17-21(26)24(30-25)29-22-10-7-8-11-23(22)34(4,5)32/h7-12,14-17H,6,13H2,1-5H3,(H2,27,28,29,30)/b12-9+. The van der Waals surface area contributed by atoms with Crippen LogP contribution in [0.25, 0.3) is 0 Å². The molecule has 2 N–H and O–H groups in total. The van der Waals surface area contributed by atoms with Crippen molar-refractivity contribution >= 4 is 47.2 Å². The molecule has 0 bridgehead atoms. The summed E-state index contributed by atoms with van der Waals surface area (Å²) < 4.78 is 18.6. The van der Waals surface area contributed by atoms with Gasteiger partial charge in [0.15, 0.2) is 5.82 Å². The zero-order valence-electron chi connectivity index (χ0n) is 20.2. The Morgan fingerprint density at radius 1 is 1.18 bits per heavy atom. The van der Waals surface area contributed by atoms with Crippen molar-refractivity contribution in [1.82, 2.24) is 14.9 Å². The lowest BCUT2D eigenvalue weighted by Crippen LogP contribution is -2.11. The first-order valence-corrected chi connectivity index (χ1v) is 14.0. The first-order valence-electron chi connectivity index (χ1n) is 11.0. The molecule has 34 heavy (non-hydrogen) atoms. The largest absolute Gasteiger partial charge is 0.489 e. The fraction of sp³-hybridized carbons (Fsp3) is 0.280. The number of rotatable bonds is 10. The average molecular weight is 500 g/mol. The third-order valence-electron chi connectivity index (χ3n) is 4.99. The first-order chi connectivity index (χ1) is 16.2. The van der Waals surface area contributed by atoms with E-state index in [0.29, 0.717) is 29.1 Å². The van der Waals surface area contributed by atoms with Crippen LogP contribution in [0.3, 0.4) is 0 Å². The summed E-state index contributed by atoms with van der Waals surface area (Å²) >= 11 is 6.36. The van der Waals surface area contributed by atoms with E-state index in [0.717, 1.165) is 28.8 Å². The van der Waals surface area contributed by atoms with E-state index in [9.17, 15) is 4.57 Å². The third kappa shape index (κ3) is 7.24. The number of nitrogens with zero attached hydrogens (tertiary/aromatic N) is 3. The zero-order chi connectivity index (χ0) is 24.7. The van der Waals surface area contributed by atoms with E-state index in [1.165, 1.54) is 6.20 Å². The van der Waals surface area contributed by atoms with Crippen molar-refractivity contribution in [2.75, 3.05) is 44.2 Å². The van der Waals surface area contributed by atoms with Crippen molar-refractivity contribution in [3.8, 4) is 5.75 Å². The Bertz CT molecular complexity index is 1210. The van der Waals surface area contributed by atoms with Crippen LogP contribution < -0.4 is 20.7 Å². The molecule has 9 heteroatoms. The van der Waals surface area contributed by atoms with E-state index in [2.05, 4.69) is 32.4 Å². The summed E-state index contributed by atoms with van der Waals surface area (Å²) in [5.74, 6) is 1.55. The van der Waals surface area contributed by atoms with Gasteiger partial charge in [-0.25, -0.2) is 4.98 Å². The predicted octanol–water partition coefficient (Wildman–Crippen LogP) is 6.02. The number of benzene rings is 2. The van der Waals surface area contributed by atoms with Crippen molar-refractivity contribution in [3.05, 3.63) is 71.5 Å². The normalized spacial score (nSPS) is 11.5. The van der Waals surface area contributed by atoms with Crippen molar-refractivity contribution in [2.24, 2.45) is 0 Å². The summed E-state index contributed by atoms with van der Waals surface area (Å²) in [7, 11) is -0.475. The zero-order valence-corrected chi connectivity index (χ0v) is 21.8. The summed E-state index contributed by atoms with van der Waals surface area (Å²) in [6, 6.07) is 13.3. The van der Waals surface area contributed by atoms with E-state index in [1.807, 2.05) is 68.7 Å². The van der Waals surface area contributed by atoms with Crippen molar-refractivity contribution in [2.45, 2.75) is 13.8 Å². The van der Waals surface area contributed by atoms with E-state index in [-0.39, 0.29) is 0 Å². The Balaban J connectivity index is 1.78. The maximum Gasteiger partial charge on any atom is 0.229 e. The van der Waals surface area contributed by atoms with Crippen LogP contribution in [-0.2, 0) is 4.57 Å². The van der Waals surface area contributed by atoms with Gasteiger partial charge < -0.3 is 24.8 Å². The van der Waals surface area contributed by atoms with Gasteiger partial charge in [0.05, 0.1) is 11.9 Å². The summed E-state index contributed by atoms with van der Waals surface area (Å²) in [6.07, 6.45) is 5.50. The van der Waals surface area contributed by atoms with E-state index in [1.54, 1.807) is 13.3 Å². The molecule has 0 aliphatic rings. The van der Waals surface area contributed by atoms with E-state index < -0.39 is 7.14 Å². The smallest absolute Gasteiger partial charge is 0.229 e. The third-order valence-corrected chi connectivity index (χ3v) is 6.82. The minimum atomic E-state index is -2.49. The molecule has 3 aromatic rings. The SMILES string of the molecule is CCN(C)/C=C/COc1cc(C)cc(Nc2ncc(Cl)c(Nc3ccccc3P(C)(C)=O)n2)c1. The molecule has 1 heterocycles. The molecule has 2 aromatic carbocycles. The molecule has 0 radical (unpaired) electrons. The molecule has 180 valence electrons. The van der Waals surface area contributed by atoms with Crippen molar-refractivity contribution in [1.29, 1.82) is 0 Å². The predicted molar refractivity (Wildman–Crippen MR) is 143 cm³/mol. The van der Waals surface area contributed by atoms with Gasteiger partial charge in [0.25, 0.3) is 0 Å². The number of halogens is 1. The molecular weight excluding hydrogens is 469 g/mol. The average Bonchev–Trinajstić information content (AvgIpc) is 2.78. The summed E-state index contributed by atoms with van der Waals surface area (Å²) in [4.78, 5) is 10.9. The maximum absolute atomic E-state index is 12.7. The number of nitrogens with one attached hydrogen (secondary N) is 2. The minimum Gasteiger partial charge on any atom is -0.489 e. The Morgan fingerprint density at radius 3 is 2.68 bits per heavy atom. The highest BCUT2D eigenvalue weighted by atomic mass is 35.5. The molecule has 0 aliphatic carbocycles. The van der Waals surface area contributed by atoms with Crippen LogP contribution in [0.2, 0.25) is 5.02 Å². The summed E-state index contributed by atoms with van der Waals surface area (Å²) in [5, 5.41) is 7.53. The van der Waals surface area contributed by atoms with Crippen molar-refractivity contribution < 1.29 is 9.30 Å². The minimum absolute atomic E-state index is 0.361. The first kappa shape index (κ1) is 25.6. The second-order valence-electron chi connectivity index (χ2n) is 8.31. The highest BCUT2D eigenvalue weighted by Crippen LogP contribution is 2.38. The van der Waals surface area contributed by atoms with Crippen LogP contribution in [0.1, 0.15) is 12.5 Å². The van der Waals surface area contributed by atoms with Gasteiger partial charge in [0.1, 0.15) is 24.5 Å². The number of para-hydroxylation sites is 1. The van der Waals surface area contributed by atoms with E-state index in [4.69, 9.17) is 16.3 Å². The van der Waals surface area contributed by atoms with E-state index >= 15 is 0 Å². The van der Waals surface area contributed by atoms with Gasteiger partial charge in [-0.15, -0.1) is 0 Å². The number of aromatic nitrogens is 2. The second-order valence-corrected chi connectivity index (χ2v) is 11.9. The van der Waals surface area contributed by atoms with Crippen LogP contribution in [0.5, 0.6) is 5.75 Å². The molecule has 0 aliphatic heterocycles. The van der Waals surface area contributed by atoms with Gasteiger partial charge in [0, 0.05) is 30.7 Å². The van der Waals surface area contributed by atoms with Crippen molar-refractivity contribution in [3.63, 3.8) is 0 Å². The molecule has 0 atom stereocenters. The molecule has 0 spiro atoms. The Morgan fingerprint density at radius 2 is 1.94 bits per heavy atom. The van der Waals surface area contributed by atoms with Gasteiger partial charge in [-0.05, 0) is 69.3 Å². The molecule has 0 fully saturated rings. The Labute approximate surface area is 206 Å². The Kier molecular flexibility index (Phi) is 8.59. The lowest BCUT2D eigenvalue weighted by Gasteiger charge is -2.16. The quantitative estimate of drug-likeness (QED) is 0.330. The van der Waals surface area contributed by atoms with Crippen LogP contribution in [0.15, 0.2) is 60.9 Å². The van der Waals surface area contributed by atoms with Gasteiger partial charge in [-0.2, -0.15) is 4.98 Å².